The van der Waals surface area contributed by atoms with Crippen LogP contribution in [-0.4, -0.2) is 43.0 Å². The molecule has 0 atom stereocenters. The molecule has 2 aromatic carbocycles. The van der Waals surface area contributed by atoms with Gasteiger partial charge in [0.05, 0.1) is 0 Å². The van der Waals surface area contributed by atoms with Gasteiger partial charge in [-0.3, -0.25) is 4.79 Å². The summed E-state index contributed by atoms with van der Waals surface area (Å²) in [7, 11) is 0. The molecule has 0 unspecified atom stereocenters. The van der Waals surface area contributed by atoms with E-state index in [0.717, 1.165) is 18.8 Å². The molecule has 5 heteroatoms. The molecule has 0 aromatic heterocycles. The van der Waals surface area contributed by atoms with Crippen LogP contribution in [0.15, 0.2) is 48.5 Å². The van der Waals surface area contributed by atoms with Gasteiger partial charge in [0.25, 0.3) is 5.91 Å². The van der Waals surface area contributed by atoms with Gasteiger partial charge >= 0.3 is 0 Å². The van der Waals surface area contributed by atoms with Crippen LogP contribution < -0.4 is 16.0 Å². The lowest BCUT2D eigenvalue weighted by molar-refractivity contribution is 0.102. The van der Waals surface area contributed by atoms with Gasteiger partial charge in [0.2, 0.25) is 0 Å². The van der Waals surface area contributed by atoms with Crippen molar-refractivity contribution >= 4 is 23.0 Å². The summed E-state index contributed by atoms with van der Waals surface area (Å²) < 4.78 is 0. The average molecular weight is 336 g/mol. The van der Waals surface area contributed by atoms with Crippen molar-refractivity contribution in [2.24, 2.45) is 0 Å². The molecule has 2 aromatic rings. The second-order valence-electron chi connectivity index (χ2n) is 6.89. The Hall–Kier alpha value is -2.53. The van der Waals surface area contributed by atoms with Gasteiger partial charge in [0, 0.05) is 54.8 Å². The predicted molar refractivity (Wildman–Crippen MR) is 102 cm³/mol. The number of nitrogens with zero attached hydrogens (tertiary/aromatic N) is 2. The fourth-order valence-corrected chi connectivity index (χ4v) is 3.80. The van der Waals surface area contributed by atoms with Crippen LogP contribution in [-0.2, 0) is 0 Å². The Bertz CT molecular complexity index is 733. The number of hydrogen-bond acceptors (Lipinski definition) is 4. The first-order valence-electron chi connectivity index (χ1n) is 8.95. The van der Waals surface area contributed by atoms with Crippen LogP contribution in [0.5, 0.6) is 0 Å². The highest BCUT2D eigenvalue weighted by atomic mass is 16.1. The Balaban J connectivity index is 1.45. The largest absolute Gasteiger partial charge is 0.399 e. The van der Waals surface area contributed by atoms with E-state index < -0.39 is 0 Å². The van der Waals surface area contributed by atoms with Crippen LogP contribution in [0.2, 0.25) is 0 Å². The lowest BCUT2D eigenvalue weighted by atomic mass is 10.0. The normalized spacial score (nSPS) is 22.5. The van der Waals surface area contributed by atoms with Gasteiger partial charge in [0.1, 0.15) is 0 Å². The van der Waals surface area contributed by atoms with E-state index in [4.69, 9.17) is 5.73 Å². The highest BCUT2D eigenvalue weighted by Crippen LogP contribution is 2.27. The minimum Gasteiger partial charge on any atom is -0.399 e. The monoisotopic (exact) mass is 336 g/mol. The molecule has 0 aliphatic carbocycles. The van der Waals surface area contributed by atoms with Crippen LogP contribution in [0.3, 0.4) is 0 Å². The standard InChI is InChI=1S/C20H24N4O/c21-16-3-1-15(2-4-16)20(25)22-17-5-7-18(8-6-17)24-14-13-23-11-9-19(24)10-12-23/h1-8,19H,9-14,21H2,(H,22,25). The van der Waals surface area contributed by atoms with Gasteiger partial charge < -0.3 is 20.9 Å². The first kappa shape index (κ1) is 16.0. The number of piperidine rings is 1. The van der Waals surface area contributed by atoms with Crippen LogP contribution in [0.4, 0.5) is 17.1 Å². The number of anilines is 3. The summed E-state index contributed by atoms with van der Waals surface area (Å²) >= 11 is 0. The minimum absolute atomic E-state index is 0.117. The van der Waals surface area contributed by atoms with Gasteiger partial charge in [-0.1, -0.05) is 0 Å². The molecule has 3 N–H and O–H groups in total. The quantitative estimate of drug-likeness (QED) is 0.846. The third kappa shape index (κ3) is 3.46. The summed E-state index contributed by atoms with van der Waals surface area (Å²) in [6.45, 7) is 4.67. The smallest absolute Gasteiger partial charge is 0.255 e. The Kier molecular flexibility index (Phi) is 4.32. The highest BCUT2D eigenvalue weighted by Gasteiger charge is 2.28. The van der Waals surface area contributed by atoms with Gasteiger partial charge in [-0.05, 0) is 61.4 Å². The van der Waals surface area contributed by atoms with Crippen LogP contribution in [0, 0.1) is 0 Å². The molecule has 0 saturated carbocycles. The Morgan fingerprint density at radius 2 is 1.60 bits per heavy atom. The molecule has 5 nitrogen and oxygen atoms in total. The third-order valence-corrected chi connectivity index (χ3v) is 5.28. The molecule has 3 saturated heterocycles. The lowest BCUT2D eigenvalue weighted by Crippen LogP contribution is -2.37. The Labute approximate surface area is 148 Å². The van der Waals surface area contributed by atoms with Crippen molar-refractivity contribution in [1.82, 2.24) is 4.90 Å². The number of nitrogens with two attached hydrogens (primary N) is 1. The van der Waals surface area contributed by atoms with Crippen molar-refractivity contribution in [3.05, 3.63) is 54.1 Å². The van der Waals surface area contributed by atoms with Crippen LogP contribution in [0.25, 0.3) is 0 Å². The van der Waals surface area contributed by atoms with E-state index in [9.17, 15) is 4.79 Å². The van der Waals surface area contributed by atoms with E-state index in [1.165, 1.54) is 31.6 Å². The lowest BCUT2D eigenvalue weighted by Gasteiger charge is -2.33. The third-order valence-electron chi connectivity index (χ3n) is 5.28. The van der Waals surface area contributed by atoms with Gasteiger partial charge in [-0.15, -0.1) is 0 Å². The number of nitrogens with one attached hydrogen (secondary N) is 1. The summed E-state index contributed by atoms with van der Waals surface area (Å²) in [5.74, 6) is -0.117. The minimum atomic E-state index is -0.117. The molecular weight excluding hydrogens is 312 g/mol. The maximum absolute atomic E-state index is 12.3. The molecule has 3 aliphatic heterocycles. The number of amides is 1. The molecular formula is C20H24N4O. The molecule has 1 amide bonds. The summed E-state index contributed by atoms with van der Waals surface area (Å²) in [4.78, 5) is 17.4. The number of nitrogen functional groups attached to an aromatic ring is 1. The van der Waals surface area contributed by atoms with Crippen LogP contribution in [0.1, 0.15) is 23.2 Å². The van der Waals surface area contributed by atoms with Crippen molar-refractivity contribution in [2.45, 2.75) is 18.9 Å². The van der Waals surface area contributed by atoms with Crippen molar-refractivity contribution in [1.29, 1.82) is 0 Å². The fraction of sp³-hybridized carbons (Fsp3) is 0.350. The Morgan fingerprint density at radius 3 is 2.28 bits per heavy atom. The predicted octanol–water partition coefficient (Wildman–Crippen LogP) is 2.81. The topological polar surface area (TPSA) is 61.6 Å². The van der Waals surface area contributed by atoms with Gasteiger partial charge in [0.15, 0.2) is 0 Å². The molecule has 3 fully saturated rings. The summed E-state index contributed by atoms with van der Waals surface area (Å²) in [6, 6.07) is 15.8. The zero-order valence-corrected chi connectivity index (χ0v) is 14.3. The van der Waals surface area contributed by atoms with Crippen molar-refractivity contribution in [2.75, 3.05) is 42.1 Å². The zero-order chi connectivity index (χ0) is 17.2. The molecule has 25 heavy (non-hydrogen) atoms. The van der Waals surface area contributed by atoms with Crippen molar-refractivity contribution in [3.63, 3.8) is 0 Å². The number of rotatable bonds is 3. The number of carbonyl (C=O) groups excluding carboxylic acids is 1. The van der Waals surface area contributed by atoms with E-state index in [1.54, 1.807) is 24.3 Å². The molecule has 3 aliphatic rings. The first-order chi connectivity index (χ1) is 12.2. The number of carbonyl (C=O) groups is 1. The summed E-state index contributed by atoms with van der Waals surface area (Å²) in [5, 5.41) is 2.95. The Morgan fingerprint density at radius 1 is 0.920 bits per heavy atom. The molecule has 0 radical (unpaired) electrons. The van der Waals surface area contributed by atoms with E-state index >= 15 is 0 Å². The van der Waals surface area contributed by atoms with E-state index in [0.29, 0.717) is 17.3 Å². The molecule has 3 heterocycles. The fourth-order valence-electron chi connectivity index (χ4n) is 3.80. The second-order valence-corrected chi connectivity index (χ2v) is 6.89. The number of benzene rings is 2. The van der Waals surface area contributed by atoms with E-state index in [2.05, 4.69) is 27.2 Å². The zero-order valence-electron chi connectivity index (χ0n) is 14.3. The van der Waals surface area contributed by atoms with Gasteiger partial charge in [-0.25, -0.2) is 0 Å². The molecule has 2 bridgehead atoms. The van der Waals surface area contributed by atoms with Crippen LogP contribution >= 0.6 is 0 Å². The molecule has 5 rings (SSSR count). The number of hydrogen-bond donors (Lipinski definition) is 2. The maximum atomic E-state index is 12.3. The van der Waals surface area contributed by atoms with Crippen molar-refractivity contribution in [3.8, 4) is 0 Å². The average Bonchev–Trinajstić information content (AvgIpc) is 2.97. The number of fused-ring (bicyclic) bond motifs is 4. The summed E-state index contributed by atoms with van der Waals surface area (Å²) in [5.41, 5.74) is 8.99. The van der Waals surface area contributed by atoms with E-state index in [-0.39, 0.29) is 5.91 Å². The van der Waals surface area contributed by atoms with E-state index in [1.807, 2.05) is 12.1 Å². The molecule has 0 spiro atoms. The first-order valence-corrected chi connectivity index (χ1v) is 8.95. The second kappa shape index (κ2) is 6.76. The highest BCUT2D eigenvalue weighted by molar-refractivity contribution is 6.04. The summed E-state index contributed by atoms with van der Waals surface area (Å²) in [6.07, 6.45) is 2.49. The maximum Gasteiger partial charge on any atom is 0.255 e. The van der Waals surface area contributed by atoms with Crippen molar-refractivity contribution < 1.29 is 4.79 Å². The molecule has 130 valence electrons. The SMILES string of the molecule is Nc1ccc(C(=O)Nc2ccc(N3CCN4CCC3CC4)cc2)cc1. The van der Waals surface area contributed by atoms with Gasteiger partial charge in [-0.2, -0.15) is 0 Å².